The number of aromatic nitrogens is 1. The number of nitrogens with one attached hydrogen (secondary N) is 1. The fraction of sp³-hybridized carbons (Fsp3) is 0.389. The number of rotatable bonds is 3. The van der Waals surface area contributed by atoms with Gasteiger partial charge in [-0.05, 0) is 44.2 Å². The second-order valence-corrected chi connectivity index (χ2v) is 6.40. The van der Waals surface area contributed by atoms with Gasteiger partial charge in [-0.1, -0.05) is 17.3 Å². The molecule has 0 saturated carbocycles. The first-order chi connectivity index (χ1) is 12.1. The summed E-state index contributed by atoms with van der Waals surface area (Å²) >= 11 is 0. The van der Waals surface area contributed by atoms with Crippen molar-refractivity contribution in [3.05, 3.63) is 47.1 Å². The Morgan fingerprint density at radius 2 is 2.08 bits per heavy atom. The van der Waals surface area contributed by atoms with Gasteiger partial charge < -0.3 is 14.7 Å². The van der Waals surface area contributed by atoms with E-state index < -0.39 is 17.8 Å². The van der Waals surface area contributed by atoms with E-state index in [1.807, 2.05) is 0 Å². The number of para-hydroxylation sites is 1. The summed E-state index contributed by atoms with van der Waals surface area (Å²) in [6, 6.07) is 5.44. The predicted octanol–water partition coefficient (Wildman–Crippen LogP) is 2.23. The highest BCUT2D eigenvalue weighted by Crippen LogP contribution is 2.26. The smallest absolute Gasteiger partial charge is 0.290 e. The molecule has 1 saturated heterocycles. The Hall–Kier alpha value is -2.70. The topological polar surface area (TPSA) is 75.4 Å². The van der Waals surface area contributed by atoms with E-state index in [0.29, 0.717) is 13.0 Å². The van der Waals surface area contributed by atoms with E-state index in [4.69, 9.17) is 4.52 Å². The maximum atomic E-state index is 13.9. The van der Waals surface area contributed by atoms with Crippen molar-refractivity contribution >= 4 is 17.5 Å². The van der Waals surface area contributed by atoms with E-state index in [9.17, 15) is 14.0 Å². The van der Waals surface area contributed by atoms with Crippen LogP contribution in [0.5, 0.6) is 0 Å². The highest BCUT2D eigenvalue weighted by Gasteiger charge is 2.36. The monoisotopic (exact) mass is 343 g/mol. The summed E-state index contributed by atoms with van der Waals surface area (Å²) in [4.78, 5) is 26.4. The molecule has 0 spiro atoms. The molecular weight excluding hydrogens is 325 g/mol. The normalized spacial score (nSPS) is 19.8. The van der Waals surface area contributed by atoms with Crippen LogP contribution in [0.15, 0.2) is 28.8 Å². The Morgan fingerprint density at radius 1 is 1.28 bits per heavy atom. The first kappa shape index (κ1) is 15.8. The van der Waals surface area contributed by atoms with Crippen LogP contribution in [0.1, 0.15) is 41.1 Å². The van der Waals surface area contributed by atoms with Crippen molar-refractivity contribution in [3.63, 3.8) is 0 Å². The number of nitrogens with zero attached hydrogens (tertiary/aromatic N) is 2. The van der Waals surface area contributed by atoms with Gasteiger partial charge in [-0.25, -0.2) is 4.39 Å². The molecule has 130 valence electrons. The molecule has 0 bridgehead atoms. The van der Waals surface area contributed by atoms with Crippen LogP contribution in [0, 0.1) is 5.82 Å². The van der Waals surface area contributed by atoms with E-state index in [1.54, 1.807) is 18.2 Å². The van der Waals surface area contributed by atoms with Crippen molar-refractivity contribution in [2.24, 2.45) is 0 Å². The van der Waals surface area contributed by atoms with Crippen molar-refractivity contribution in [2.45, 2.75) is 38.1 Å². The Bertz CT molecular complexity index is 833. The van der Waals surface area contributed by atoms with Crippen LogP contribution in [0.3, 0.4) is 0 Å². The third kappa shape index (κ3) is 2.79. The zero-order chi connectivity index (χ0) is 17.4. The molecule has 4 rings (SSSR count). The van der Waals surface area contributed by atoms with Crippen molar-refractivity contribution in [1.82, 2.24) is 10.5 Å². The van der Waals surface area contributed by atoms with Gasteiger partial charge in [0.1, 0.15) is 11.9 Å². The number of aryl methyl sites for hydroxylation is 1. The first-order valence-electron chi connectivity index (χ1n) is 8.49. The molecule has 1 aliphatic carbocycles. The highest BCUT2D eigenvalue weighted by atomic mass is 19.1. The Balaban J connectivity index is 1.49. The number of amides is 2. The number of carbonyl (C=O) groups excluding carboxylic acids is 2. The third-order valence-corrected chi connectivity index (χ3v) is 4.82. The Labute approximate surface area is 144 Å². The number of hydrogen-bond acceptors (Lipinski definition) is 4. The molecule has 1 N–H and O–H groups in total. The summed E-state index contributed by atoms with van der Waals surface area (Å²) in [5, 5.41) is 6.68. The molecular formula is C18H18FN3O3. The number of hydrogen-bond donors (Lipinski definition) is 1. The summed E-state index contributed by atoms with van der Waals surface area (Å²) in [6.07, 6.45) is 4.05. The lowest BCUT2D eigenvalue weighted by molar-refractivity contribution is -0.118. The van der Waals surface area contributed by atoms with Crippen LogP contribution >= 0.6 is 0 Å². The summed E-state index contributed by atoms with van der Waals surface area (Å²) < 4.78 is 19.1. The molecule has 1 aliphatic heterocycles. The number of fused-ring (bicyclic) bond motifs is 1. The summed E-state index contributed by atoms with van der Waals surface area (Å²) in [5.74, 6) is -0.991. The zero-order valence-corrected chi connectivity index (χ0v) is 13.6. The largest absolute Gasteiger partial charge is 0.350 e. The molecule has 1 fully saturated rings. The van der Waals surface area contributed by atoms with Crippen LogP contribution in [0.2, 0.25) is 0 Å². The fourth-order valence-electron chi connectivity index (χ4n) is 3.52. The molecule has 2 heterocycles. The first-order valence-corrected chi connectivity index (χ1v) is 8.49. The van der Waals surface area contributed by atoms with Crippen LogP contribution in [0.4, 0.5) is 10.1 Å². The van der Waals surface area contributed by atoms with Crippen LogP contribution < -0.4 is 10.2 Å². The minimum absolute atomic E-state index is 0.201. The minimum Gasteiger partial charge on any atom is -0.350 e. The second-order valence-electron chi connectivity index (χ2n) is 6.40. The van der Waals surface area contributed by atoms with Crippen LogP contribution in [0.25, 0.3) is 0 Å². The van der Waals surface area contributed by atoms with Gasteiger partial charge in [0.05, 0.1) is 11.4 Å². The predicted molar refractivity (Wildman–Crippen MR) is 87.8 cm³/mol. The molecule has 6 nitrogen and oxygen atoms in total. The number of benzene rings is 1. The van der Waals surface area contributed by atoms with Gasteiger partial charge in [0, 0.05) is 12.1 Å². The Morgan fingerprint density at radius 3 is 2.92 bits per heavy atom. The lowest BCUT2D eigenvalue weighted by Crippen LogP contribution is -2.41. The second kappa shape index (κ2) is 6.31. The molecule has 7 heteroatoms. The van der Waals surface area contributed by atoms with Crippen LogP contribution in [-0.2, 0) is 17.6 Å². The van der Waals surface area contributed by atoms with E-state index in [2.05, 4.69) is 10.5 Å². The zero-order valence-electron chi connectivity index (χ0n) is 13.6. The van der Waals surface area contributed by atoms with Gasteiger partial charge in [0.15, 0.2) is 0 Å². The standard InChI is InChI=1S/C18H18FN3O3/c19-12-6-2-4-8-15(12)22-10-9-14(18(22)24)20-17(23)16-11-5-1-3-7-13(11)21-25-16/h2,4,6,8,14H,1,3,5,7,9-10H2,(H,20,23). The average molecular weight is 343 g/mol. The molecule has 2 aromatic rings. The van der Waals surface area contributed by atoms with Gasteiger partial charge in [-0.2, -0.15) is 0 Å². The van der Waals surface area contributed by atoms with Crippen LogP contribution in [-0.4, -0.2) is 29.6 Å². The van der Waals surface area contributed by atoms with E-state index >= 15 is 0 Å². The number of halogens is 1. The molecule has 25 heavy (non-hydrogen) atoms. The lowest BCUT2D eigenvalue weighted by atomic mass is 9.96. The summed E-state index contributed by atoms with van der Waals surface area (Å²) in [6.45, 7) is 0.360. The highest BCUT2D eigenvalue weighted by molar-refractivity contribution is 6.03. The Kier molecular flexibility index (Phi) is 3.99. The fourth-order valence-corrected chi connectivity index (χ4v) is 3.52. The maximum absolute atomic E-state index is 13.9. The average Bonchev–Trinajstić information content (AvgIpc) is 3.20. The lowest BCUT2D eigenvalue weighted by Gasteiger charge is -2.17. The third-order valence-electron chi connectivity index (χ3n) is 4.82. The van der Waals surface area contributed by atoms with E-state index in [-0.39, 0.29) is 17.4 Å². The van der Waals surface area contributed by atoms with Crippen molar-refractivity contribution in [1.29, 1.82) is 0 Å². The number of carbonyl (C=O) groups is 2. The maximum Gasteiger partial charge on any atom is 0.290 e. The van der Waals surface area contributed by atoms with Gasteiger partial charge in [-0.15, -0.1) is 0 Å². The van der Waals surface area contributed by atoms with Gasteiger partial charge in [0.25, 0.3) is 5.91 Å². The molecule has 1 atom stereocenters. The SMILES string of the molecule is O=C(NC1CCN(c2ccccc2F)C1=O)c1onc2c1CCCC2. The van der Waals surface area contributed by atoms with Crippen molar-refractivity contribution in [3.8, 4) is 0 Å². The summed E-state index contributed by atoms with van der Waals surface area (Å²) in [5.41, 5.74) is 1.92. The molecule has 2 aliphatic rings. The molecule has 0 radical (unpaired) electrons. The van der Waals surface area contributed by atoms with E-state index in [0.717, 1.165) is 36.9 Å². The van der Waals surface area contributed by atoms with Gasteiger partial charge in [0.2, 0.25) is 11.7 Å². The van der Waals surface area contributed by atoms with E-state index in [1.165, 1.54) is 11.0 Å². The molecule has 1 aromatic carbocycles. The molecule has 2 amide bonds. The van der Waals surface area contributed by atoms with Crippen molar-refractivity contribution in [2.75, 3.05) is 11.4 Å². The quantitative estimate of drug-likeness (QED) is 0.927. The van der Waals surface area contributed by atoms with Crippen molar-refractivity contribution < 1.29 is 18.5 Å². The van der Waals surface area contributed by atoms with Gasteiger partial charge in [-0.3, -0.25) is 9.59 Å². The molecule has 1 aromatic heterocycles. The van der Waals surface area contributed by atoms with Gasteiger partial charge >= 0.3 is 0 Å². The molecule has 1 unspecified atom stereocenters. The minimum atomic E-state index is -0.684. The summed E-state index contributed by atoms with van der Waals surface area (Å²) in [7, 11) is 0. The number of anilines is 1.